The minimum Gasteiger partial charge on any atom is -0.444 e. The summed E-state index contributed by atoms with van der Waals surface area (Å²) in [6.45, 7) is 4.99. The number of aryl methyl sites for hydroxylation is 2. The molecule has 0 aliphatic rings. The van der Waals surface area contributed by atoms with Gasteiger partial charge in [0.1, 0.15) is 0 Å². The summed E-state index contributed by atoms with van der Waals surface area (Å²) in [7, 11) is 0. The van der Waals surface area contributed by atoms with E-state index >= 15 is 0 Å². The average molecular weight is 413 g/mol. The number of halogens is 1. The molecule has 3 aromatic rings. The predicted molar refractivity (Wildman–Crippen MR) is 105 cm³/mol. The highest BCUT2D eigenvalue weighted by molar-refractivity contribution is 9.10. The molecule has 0 bridgehead atoms. The Morgan fingerprint density at radius 2 is 1.81 bits per heavy atom. The lowest BCUT2D eigenvalue weighted by Crippen LogP contribution is -2.30. The Kier molecular flexibility index (Phi) is 5.89. The van der Waals surface area contributed by atoms with Crippen LogP contribution in [0.5, 0.6) is 0 Å². The first-order valence-electron chi connectivity index (χ1n) is 8.58. The summed E-state index contributed by atoms with van der Waals surface area (Å²) in [5, 5.41) is 0. The number of benzene rings is 1. The zero-order chi connectivity index (χ0) is 18.5. The number of pyridine rings is 1. The molecule has 4 nitrogen and oxygen atoms in total. The number of rotatable bonds is 6. The first-order chi connectivity index (χ1) is 12.6. The van der Waals surface area contributed by atoms with Gasteiger partial charge in [0.25, 0.3) is 5.91 Å². The van der Waals surface area contributed by atoms with Crippen LogP contribution in [-0.4, -0.2) is 15.8 Å². The molecule has 1 amide bonds. The molecule has 0 atom stereocenters. The van der Waals surface area contributed by atoms with Crippen molar-refractivity contribution >= 4 is 21.8 Å². The number of carbonyl (C=O) groups is 1. The van der Waals surface area contributed by atoms with Gasteiger partial charge in [0.05, 0.1) is 0 Å². The smallest absolute Gasteiger partial charge is 0.290 e. The topological polar surface area (TPSA) is 46.3 Å². The third kappa shape index (κ3) is 4.41. The molecule has 0 spiro atoms. The van der Waals surface area contributed by atoms with Crippen LogP contribution in [0.25, 0.3) is 0 Å². The summed E-state index contributed by atoms with van der Waals surface area (Å²) < 4.78 is 6.14. The van der Waals surface area contributed by atoms with Gasteiger partial charge in [-0.05, 0) is 58.1 Å². The zero-order valence-corrected chi connectivity index (χ0v) is 16.5. The number of aromatic nitrogens is 1. The van der Waals surface area contributed by atoms with Crippen LogP contribution in [0.1, 0.15) is 39.7 Å². The molecule has 26 heavy (non-hydrogen) atoms. The summed E-state index contributed by atoms with van der Waals surface area (Å²) in [5.41, 5.74) is 4.17. The molecule has 0 N–H and O–H groups in total. The second-order valence-corrected chi connectivity index (χ2v) is 7.04. The van der Waals surface area contributed by atoms with E-state index in [2.05, 4.69) is 52.1 Å². The van der Waals surface area contributed by atoms with E-state index in [-0.39, 0.29) is 5.91 Å². The summed E-state index contributed by atoms with van der Waals surface area (Å²) in [5.74, 6) is 0.238. The fraction of sp³-hybridized carbons (Fsp3) is 0.238. The van der Waals surface area contributed by atoms with Gasteiger partial charge in [0, 0.05) is 31.0 Å². The van der Waals surface area contributed by atoms with Gasteiger partial charge in [-0.25, -0.2) is 0 Å². The molecule has 2 heterocycles. The van der Waals surface area contributed by atoms with Crippen LogP contribution < -0.4 is 0 Å². The maximum atomic E-state index is 13.1. The molecule has 0 saturated carbocycles. The largest absolute Gasteiger partial charge is 0.444 e. The molecule has 0 saturated heterocycles. The van der Waals surface area contributed by atoms with E-state index < -0.39 is 0 Å². The molecule has 3 rings (SSSR count). The van der Waals surface area contributed by atoms with Crippen molar-refractivity contribution in [3.8, 4) is 0 Å². The average Bonchev–Trinajstić information content (AvgIpc) is 3.00. The normalized spacial score (nSPS) is 10.7. The van der Waals surface area contributed by atoms with Crippen molar-refractivity contribution in [3.63, 3.8) is 0 Å². The Balaban J connectivity index is 1.87. The summed E-state index contributed by atoms with van der Waals surface area (Å²) in [6, 6.07) is 14.0. The van der Waals surface area contributed by atoms with Crippen LogP contribution in [0.4, 0.5) is 0 Å². The highest BCUT2D eigenvalue weighted by Crippen LogP contribution is 2.23. The quantitative estimate of drug-likeness (QED) is 0.562. The molecule has 134 valence electrons. The van der Waals surface area contributed by atoms with Gasteiger partial charge in [-0.3, -0.25) is 9.78 Å². The van der Waals surface area contributed by atoms with Gasteiger partial charge < -0.3 is 9.32 Å². The van der Waals surface area contributed by atoms with Gasteiger partial charge >= 0.3 is 0 Å². The van der Waals surface area contributed by atoms with E-state index in [1.54, 1.807) is 17.3 Å². The lowest BCUT2D eigenvalue weighted by Gasteiger charge is -2.22. The van der Waals surface area contributed by atoms with Crippen molar-refractivity contribution in [2.75, 3.05) is 0 Å². The van der Waals surface area contributed by atoms with Gasteiger partial charge in [-0.2, -0.15) is 0 Å². The van der Waals surface area contributed by atoms with Gasteiger partial charge in [-0.15, -0.1) is 0 Å². The van der Waals surface area contributed by atoms with Crippen LogP contribution in [0.3, 0.4) is 0 Å². The number of carbonyl (C=O) groups excluding carboxylic acids is 1. The van der Waals surface area contributed by atoms with E-state index in [0.717, 1.165) is 23.1 Å². The summed E-state index contributed by atoms with van der Waals surface area (Å²) in [4.78, 5) is 19.0. The number of amides is 1. The van der Waals surface area contributed by atoms with Gasteiger partial charge in [0.2, 0.25) is 0 Å². The van der Waals surface area contributed by atoms with E-state index in [1.165, 1.54) is 5.56 Å². The maximum Gasteiger partial charge on any atom is 0.290 e. The lowest BCUT2D eigenvalue weighted by molar-refractivity contribution is 0.0695. The van der Waals surface area contributed by atoms with Crippen LogP contribution in [0, 0.1) is 6.92 Å². The number of hydrogen-bond acceptors (Lipinski definition) is 3. The molecule has 5 heteroatoms. The molecule has 2 aromatic heterocycles. The Labute approximate surface area is 162 Å². The van der Waals surface area contributed by atoms with Crippen molar-refractivity contribution in [2.24, 2.45) is 0 Å². The lowest BCUT2D eigenvalue weighted by atomic mass is 10.1. The van der Waals surface area contributed by atoms with E-state index in [9.17, 15) is 4.79 Å². The highest BCUT2D eigenvalue weighted by atomic mass is 79.9. The van der Waals surface area contributed by atoms with Crippen LogP contribution in [0.15, 0.2) is 63.9 Å². The SMILES string of the molecule is CCc1ccc(CN(Cc2cccnc2)C(=O)c2oc(Br)cc2C)cc1. The third-order valence-corrected chi connectivity index (χ3v) is 4.66. The Morgan fingerprint density at radius 3 is 2.38 bits per heavy atom. The molecule has 0 fully saturated rings. The van der Waals surface area contributed by atoms with Crippen molar-refractivity contribution < 1.29 is 9.21 Å². The van der Waals surface area contributed by atoms with E-state index in [1.807, 2.05) is 25.1 Å². The third-order valence-electron chi connectivity index (χ3n) is 4.27. The number of nitrogens with zero attached hydrogens (tertiary/aromatic N) is 2. The maximum absolute atomic E-state index is 13.1. The standard InChI is InChI=1S/C21H21BrN2O2/c1-3-16-6-8-17(9-7-16)13-24(14-18-5-4-10-23-12-18)21(25)20-15(2)11-19(22)26-20/h4-12H,3,13-14H2,1-2H3. The monoisotopic (exact) mass is 412 g/mol. The predicted octanol–water partition coefficient (Wildman–Crippen LogP) is 5.15. The van der Waals surface area contributed by atoms with Gasteiger partial charge in [-0.1, -0.05) is 37.3 Å². The molecule has 0 aliphatic carbocycles. The first-order valence-corrected chi connectivity index (χ1v) is 9.38. The Hall–Kier alpha value is -2.40. The van der Waals surface area contributed by atoms with Gasteiger partial charge in [0.15, 0.2) is 10.4 Å². The molecular formula is C21H21BrN2O2. The van der Waals surface area contributed by atoms with Crippen molar-refractivity contribution in [3.05, 3.63) is 87.5 Å². The minimum atomic E-state index is -0.128. The fourth-order valence-corrected chi connectivity index (χ4v) is 3.32. The van der Waals surface area contributed by atoms with Crippen molar-refractivity contribution in [2.45, 2.75) is 33.4 Å². The molecule has 0 aliphatic heterocycles. The molecular weight excluding hydrogens is 392 g/mol. The van der Waals surface area contributed by atoms with Crippen LogP contribution in [0.2, 0.25) is 0 Å². The highest BCUT2D eigenvalue weighted by Gasteiger charge is 2.22. The van der Waals surface area contributed by atoms with E-state index in [4.69, 9.17) is 4.42 Å². The molecule has 0 unspecified atom stereocenters. The van der Waals surface area contributed by atoms with Crippen molar-refractivity contribution in [1.29, 1.82) is 0 Å². The molecule has 0 radical (unpaired) electrons. The summed E-state index contributed by atoms with van der Waals surface area (Å²) in [6.07, 6.45) is 4.51. The van der Waals surface area contributed by atoms with Crippen molar-refractivity contribution in [1.82, 2.24) is 9.88 Å². The number of hydrogen-bond donors (Lipinski definition) is 0. The first kappa shape index (κ1) is 18.4. The second kappa shape index (κ2) is 8.32. The zero-order valence-electron chi connectivity index (χ0n) is 14.9. The minimum absolute atomic E-state index is 0.128. The summed E-state index contributed by atoms with van der Waals surface area (Å²) >= 11 is 3.30. The van der Waals surface area contributed by atoms with Crippen LogP contribution in [-0.2, 0) is 19.5 Å². The fourth-order valence-electron chi connectivity index (χ4n) is 2.81. The van der Waals surface area contributed by atoms with E-state index in [0.29, 0.717) is 23.5 Å². The Bertz CT molecular complexity index is 873. The van der Waals surface area contributed by atoms with Crippen LogP contribution >= 0.6 is 15.9 Å². The Morgan fingerprint density at radius 1 is 1.12 bits per heavy atom. The second-order valence-electron chi connectivity index (χ2n) is 6.26. The number of furan rings is 1. The molecule has 1 aromatic carbocycles.